The molecule has 0 amide bonds. The number of nitrogens with two attached hydrogens (primary N) is 1. The standard InChI is InChI=1S/C36H48NO9P/c1-35(2,3)29-20-28(21-30(22-29)36(4,5)6)27-13-9-11-25(19-27)23-44-32-14-8-7-12-26(32)15-16-33(38)43-17-10-18-45-47(41,42)46-24-31(37)34(39)40/h7-9,11-14,19-22,31H,10,15-18,23-24,37H2,1-6H3,(H,39,40)(H,41,42)/t31-/m0/s1. The number of carbonyl (C=O) groups excluding carboxylic acids is 1. The van der Waals surface area contributed by atoms with Crippen molar-refractivity contribution in [3.8, 4) is 16.9 Å². The van der Waals surface area contributed by atoms with E-state index < -0.39 is 32.4 Å². The fraction of sp³-hybridized carbons (Fsp3) is 0.444. The van der Waals surface area contributed by atoms with E-state index in [2.05, 4.69) is 76.4 Å². The predicted molar refractivity (Wildman–Crippen MR) is 181 cm³/mol. The second-order valence-electron chi connectivity index (χ2n) is 13.5. The summed E-state index contributed by atoms with van der Waals surface area (Å²) in [6, 6.07) is 21.3. The highest BCUT2D eigenvalue weighted by Gasteiger charge is 2.24. The van der Waals surface area contributed by atoms with Gasteiger partial charge < -0.3 is 25.2 Å². The molecule has 3 rings (SSSR count). The van der Waals surface area contributed by atoms with Gasteiger partial charge in [0.1, 0.15) is 18.4 Å². The van der Waals surface area contributed by atoms with Gasteiger partial charge in [0.25, 0.3) is 0 Å². The SMILES string of the molecule is CC(C)(C)c1cc(-c2cccc(COc3ccccc3CCC(=O)OCCCOP(=O)(O)OC[C@H](N)C(=O)O)c2)cc(C(C)(C)C)c1. The number of hydrogen-bond acceptors (Lipinski definition) is 8. The zero-order valence-electron chi connectivity index (χ0n) is 28.2. The van der Waals surface area contributed by atoms with Crippen molar-refractivity contribution in [2.45, 2.75) is 84.3 Å². The van der Waals surface area contributed by atoms with Crippen LogP contribution in [0.1, 0.15) is 76.6 Å². The van der Waals surface area contributed by atoms with Crippen molar-refractivity contribution in [1.29, 1.82) is 0 Å². The van der Waals surface area contributed by atoms with Crippen LogP contribution < -0.4 is 10.5 Å². The highest BCUT2D eigenvalue weighted by molar-refractivity contribution is 7.47. The van der Waals surface area contributed by atoms with Crippen LogP contribution in [0.2, 0.25) is 0 Å². The lowest BCUT2D eigenvalue weighted by Crippen LogP contribution is -2.34. The fourth-order valence-electron chi connectivity index (χ4n) is 4.53. The van der Waals surface area contributed by atoms with Crippen LogP contribution in [-0.4, -0.2) is 47.8 Å². The van der Waals surface area contributed by atoms with Crippen LogP contribution in [0, 0.1) is 0 Å². The van der Waals surface area contributed by atoms with Gasteiger partial charge in [-0.15, -0.1) is 0 Å². The quantitative estimate of drug-likeness (QED) is 0.0830. The fourth-order valence-corrected chi connectivity index (χ4v) is 5.31. The number of rotatable bonds is 16. The molecule has 0 saturated heterocycles. The van der Waals surface area contributed by atoms with Gasteiger partial charge in [-0.25, -0.2) is 4.57 Å². The van der Waals surface area contributed by atoms with Gasteiger partial charge in [0.15, 0.2) is 0 Å². The Morgan fingerprint density at radius 2 is 1.51 bits per heavy atom. The molecule has 11 heteroatoms. The average molecular weight is 670 g/mol. The summed E-state index contributed by atoms with van der Waals surface area (Å²) in [4.78, 5) is 32.6. The Kier molecular flexibility index (Phi) is 13.3. The van der Waals surface area contributed by atoms with Gasteiger partial charge in [-0.1, -0.05) is 96.1 Å². The van der Waals surface area contributed by atoms with E-state index in [4.69, 9.17) is 24.8 Å². The van der Waals surface area contributed by atoms with Gasteiger partial charge in [-0.3, -0.25) is 18.6 Å². The van der Waals surface area contributed by atoms with Gasteiger partial charge in [0, 0.05) is 12.8 Å². The van der Waals surface area contributed by atoms with Gasteiger partial charge in [0.2, 0.25) is 0 Å². The third kappa shape index (κ3) is 12.5. The lowest BCUT2D eigenvalue weighted by Gasteiger charge is -2.26. The molecule has 0 aliphatic heterocycles. The predicted octanol–water partition coefficient (Wildman–Crippen LogP) is 6.94. The van der Waals surface area contributed by atoms with Gasteiger partial charge in [-0.05, 0) is 62.8 Å². The maximum atomic E-state index is 12.4. The Bertz CT molecular complexity index is 1530. The summed E-state index contributed by atoms with van der Waals surface area (Å²) in [6.45, 7) is 12.8. The number of carbonyl (C=O) groups is 2. The number of aliphatic carboxylic acids is 1. The summed E-state index contributed by atoms with van der Waals surface area (Å²) >= 11 is 0. The van der Waals surface area contributed by atoms with Crippen LogP contribution in [0.3, 0.4) is 0 Å². The smallest absolute Gasteiger partial charge is 0.472 e. The van der Waals surface area contributed by atoms with E-state index in [1.165, 1.54) is 16.7 Å². The number of phosphoric acid groups is 1. The number of benzene rings is 3. The normalized spacial score (nSPS) is 13.9. The van der Waals surface area contributed by atoms with Gasteiger partial charge >= 0.3 is 19.8 Å². The Labute approximate surface area is 277 Å². The molecule has 0 fully saturated rings. The molecule has 2 atom stereocenters. The van der Waals surface area contributed by atoms with E-state index in [1.807, 2.05) is 36.4 Å². The summed E-state index contributed by atoms with van der Waals surface area (Å²) < 4.78 is 32.5. The number of ether oxygens (including phenoxy) is 2. The molecule has 3 aromatic carbocycles. The maximum absolute atomic E-state index is 12.4. The monoisotopic (exact) mass is 669 g/mol. The third-order valence-corrected chi connectivity index (χ3v) is 8.42. The molecule has 0 saturated carbocycles. The first-order chi connectivity index (χ1) is 21.9. The summed E-state index contributed by atoms with van der Waals surface area (Å²) in [7, 11) is -4.47. The number of para-hydroxylation sites is 1. The highest BCUT2D eigenvalue weighted by Crippen LogP contribution is 2.43. The molecular formula is C36H48NO9P. The van der Waals surface area contributed by atoms with E-state index in [0.29, 0.717) is 18.8 Å². The average Bonchev–Trinajstić information content (AvgIpc) is 3.00. The van der Waals surface area contributed by atoms with E-state index in [9.17, 15) is 19.0 Å². The van der Waals surface area contributed by atoms with Crippen LogP contribution in [0.5, 0.6) is 5.75 Å². The highest BCUT2D eigenvalue weighted by atomic mass is 31.2. The van der Waals surface area contributed by atoms with Crippen molar-refractivity contribution >= 4 is 19.8 Å². The number of phosphoric ester groups is 1. The first-order valence-corrected chi connectivity index (χ1v) is 17.2. The molecule has 10 nitrogen and oxygen atoms in total. The van der Waals surface area contributed by atoms with E-state index >= 15 is 0 Å². The number of esters is 1. The molecule has 0 aliphatic carbocycles. The molecule has 3 aromatic rings. The van der Waals surface area contributed by atoms with Gasteiger partial charge in [-0.2, -0.15) is 0 Å². The van der Waals surface area contributed by atoms with Crippen molar-refractivity contribution in [2.75, 3.05) is 19.8 Å². The minimum Gasteiger partial charge on any atom is -0.489 e. The summed E-state index contributed by atoms with van der Waals surface area (Å²) in [5.41, 5.74) is 12.1. The maximum Gasteiger partial charge on any atom is 0.472 e. The number of hydrogen-bond donors (Lipinski definition) is 3. The van der Waals surface area contributed by atoms with Crippen LogP contribution in [0.25, 0.3) is 11.1 Å². The first-order valence-electron chi connectivity index (χ1n) is 15.7. The second-order valence-corrected chi connectivity index (χ2v) is 15.0. The molecule has 0 aromatic heterocycles. The lowest BCUT2D eigenvalue weighted by atomic mass is 9.79. The molecule has 4 N–H and O–H groups in total. The van der Waals surface area contributed by atoms with E-state index in [0.717, 1.165) is 16.7 Å². The molecule has 0 aliphatic rings. The van der Waals surface area contributed by atoms with Crippen molar-refractivity contribution < 1.29 is 42.7 Å². The molecule has 47 heavy (non-hydrogen) atoms. The van der Waals surface area contributed by atoms with E-state index in [-0.39, 0.29) is 36.9 Å². The number of carboxylic acid groups (broad SMARTS) is 1. The molecular weight excluding hydrogens is 621 g/mol. The van der Waals surface area contributed by atoms with Crippen molar-refractivity contribution in [1.82, 2.24) is 0 Å². The molecule has 0 spiro atoms. The Morgan fingerprint density at radius 1 is 0.851 bits per heavy atom. The third-order valence-electron chi connectivity index (χ3n) is 7.43. The number of aryl methyl sites for hydroxylation is 1. The Hall–Kier alpha value is -3.53. The molecule has 1 unspecified atom stereocenters. The van der Waals surface area contributed by atoms with Crippen molar-refractivity contribution in [3.63, 3.8) is 0 Å². The van der Waals surface area contributed by atoms with Crippen LogP contribution in [0.4, 0.5) is 0 Å². The number of carboxylic acids is 1. The summed E-state index contributed by atoms with van der Waals surface area (Å²) in [6.07, 6.45) is 0.664. The molecule has 0 heterocycles. The second kappa shape index (κ2) is 16.5. The minimum atomic E-state index is -4.47. The molecule has 0 bridgehead atoms. The molecule has 256 valence electrons. The lowest BCUT2D eigenvalue weighted by molar-refractivity contribution is -0.143. The van der Waals surface area contributed by atoms with Gasteiger partial charge in [0.05, 0.1) is 19.8 Å². The Morgan fingerprint density at radius 3 is 2.15 bits per heavy atom. The zero-order valence-corrected chi connectivity index (χ0v) is 29.0. The van der Waals surface area contributed by atoms with Crippen molar-refractivity contribution in [3.05, 3.63) is 89.0 Å². The minimum absolute atomic E-state index is 0.0174. The van der Waals surface area contributed by atoms with E-state index in [1.54, 1.807) is 0 Å². The molecule has 0 radical (unpaired) electrons. The van der Waals surface area contributed by atoms with Crippen LogP contribution in [-0.2, 0) is 51.8 Å². The summed E-state index contributed by atoms with van der Waals surface area (Å²) in [5.74, 6) is -1.12. The van der Waals surface area contributed by atoms with Crippen LogP contribution >= 0.6 is 7.82 Å². The zero-order chi connectivity index (χ0) is 34.8. The van der Waals surface area contributed by atoms with Crippen LogP contribution in [0.15, 0.2) is 66.7 Å². The Balaban J connectivity index is 1.53. The van der Waals surface area contributed by atoms with Crippen molar-refractivity contribution in [2.24, 2.45) is 5.73 Å². The largest absolute Gasteiger partial charge is 0.489 e. The topological polar surface area (TPSA) is 155 Å². The summed E-state index contributed by atoms with van der Waals surface area (Å²) in [5, 5.41) is 8.71. The first kappa shape index (κ1) is 37.9.